The maximum absolute atomic E-state index is 12.3. The Bertz CT molecular complexity index is 667. The van der Waals surface area contributed by atoms with Crippen LogP contribution in [-0.2, 0) is 11.3 Å². The summed E-state index contributed by atoms with van der Waals surface area (Å²) in [5.41, 5.74) is 0.856. The van der Waals surface area contributed by atoms with E-state index in [4.69, 9.17) is 0 Å². The highest BCUT2D eigenvalue weighted by molar-refractivity contribution is 7.18. The van der Waals surface area contributed by atoms with Crippen LogP contribution in [0.15, 0.2) is 11.1 Å². The van der Waals surface area contributed by atoms with Crippen molar-refractivity contribution < 1.29 is 4.79 Å². The third-order valence-corrected chi connectivity index (χ3v) is 4.24. The SMILES string of the molecule is Cc1sc2ncn(CC(=O)C(C)C)c(=O)c2c1C. The lowest BCUT2D eigenvalue weighted by Crippen LogP contribution is -2.26. The highest BCUT2D eigenvalue weighted by atomic mass is 32.1. The van der Waals surface area contributed by atoms with Crippen molar-refractivity contribution in [3.63, 3.8) is 0 Å². The number of carbonyl (C=O) groups is 1. The van der Waals surface area contributed by atoms with E-state index >= 15 is 0 Å². The van der Waals surface area contributed by atoms with Gasteiger partial charge in [0.1, 0.15) is 4.83 Å². The summed E-state index contributed by atoms with van der Waals surface area (Å²) in [4.78, 5) is 30.1. The van der Waals surface area contributed by atoms with E-state index in [9.17, 15) is 9.59 Å². The fourth-order valence-corrected chi connectivity index (χ4v) is 2.72. The van der Waals surface area contributed by atoms with Gasteiger partial charge >= 0.3 is 0 Å². The third-order valence-electron chi connectivity index (χ3n) is 3.13. The smallest absolute Gasteiger partial charge is 0.262 e. The highest BCUT2D eigenvalue weighted by Gasteiger charge is 2.14. The largest absolute Gasteiger partial charge is 0.297 e. The Morgan fingerprint density at radius 2 is 2.11 bits per heavy atom. The van der Waals surface area contributed by atoms with Gasteiger partial charge in [-0.15, -0.1) is 11.3 Å². The molecule has 0 aliphatic rings. The van der Waals surface area contributed by atoms with Crippen molar-refractivity contribution in [2.45, 2.75) is 34.2 Å². The number of Topliss-reactive ketones (excluding diaryl/α,β-unsaturated/α-hetero) is 1. The molecule has 0 amide bonds. The molecule has 0 spiro atoms. The van der Waals surface area contributed by atoms with Crippen LogP contribution < -0.4 is 5.56 Å². The Labute approximate surface area is 109 Å². The van der Waals surface area contributed by atoms with Crippen molar-refractivity contribution in [2.75, 3.05) is 0 Å². The Kier molecular flexibility index (Phi) is 3.34. The number of ketones is 1. The molecular weight excluding hydrogens is 248 g/mol. The molecule has 0 aliphatic carbocycles. The monoisotopic (exact) mass is 264 g/mol. The van der Waals surface area contributed by atoms with Crippen LogP contribution in [-0.4, -0.2) is 15.3 Å². The fourth-order valence-electron chi connectivity index (χ4n) is 1.73. The molecule has 0 unspecified atom stereocenters. The van der Waals surface area contributed by atoms with Gasteiger partial charge in [-0.25, -0.2) is 4.98 Å². The van der Waals surface area contributed by atoms with Gasteiger partial charge in [0.15, 0.2) is 5.78 Å². The second-order valence-corrected chi connectivity index (χ2v) is 5.97. The minimum atomic E-state index is -0.115. The Balaban J connectivity index is 2.55. The maximum atomic E-state index is 12.3. The standard InChI is InChI=1S/C13H16N2O2S/c1-7(2)10(16)5-15-6-14-12-11(13(15)17)8(3)9(4)18-12/h6-7H,5H2,1-4H3. The first-order valence-corrected chi connectivity index (χ1v) is 6.71. The molecule has 2 aromatic heterocycles. The molecule has 0 radical (unpaired) electrons. The Hall–Kier alpha value is -1.49. The summed E-state index contributed by atoms with van der Waals surface area (Å²) in [5, 5.41) is 0.650. The molecule has 0 bridgehead atoms. The van der Waals surface area contributed by atoms with Crippen LogP contribution in [0, 0.1) is 19.8 Å². The van der Waals surface area contributed by atoms with Crippen LogP contribution in [0.25, 0.3) is 10.2 Å². The lowest BCUT2D eigenvalue weighted by atomic mass is 10.1. The predicted octanol–water partition coefficient (Wildman–Crippen LogP) is 2.30. The van der Waals surface area contributed by atoms with E-state index in [0.29, 0.717) is 5.39 Å². The zero-order valence-corrected chi connectivity index (χ0v) is 11.8. The zero-order chi connectivity index (χ0) is 13.4. The molecule has 96 valence electrons. The second-order valence-electron chi connectivity index (χ2n) is 4.76. The first-order valence-electron chi connectivity index (χ1n) is 5.89. The molecule has 2 aromatic rings. The number of aryl methyl sites for hydroxylation is 2. The summed E-state index contributed by atoms with van der Waals surface area (Å²) >= 11 is 1.52. The molecule has 5 heteroatoms. The van der Waals surface area contributed by atoms with Crippen LogP contribution in [0.1, 0.15) is 24.3 Å². The van der Waals surface area contributed by atoms with Gasteiger partial charge in [-0.2, -0.15) is 0 Å². The molecule has 2 heterocycles. The van der Waals surface area contributed by atoms with Crippen LogP contribution in [0.4, 0.5) is 0 Å². The van der Waals surface area contributed by atoms with E-state index in [1.807, 2.05) is 27.7 Å². The summed E-state index contributed by atoms with van der Waals surface area (Å²) in [6, 6.07) is 0. The summed E-state index contributed by atoms with van der Waals surface area (Å²) in [5.74, 6) is -0.0271. The number of fused-ring (bicyclic) bond motifs is 1. The molecule has 0 saturated heterocycles. The molecule has 0 saturated carbocycles. The van der Waals surface area contributed by atoms with Crippen LogP contribution in [0.3, 0.4) is 0 Å². The van der Waals surface area contributed by atoms with Crippen molar-refractivity contribution in [1.29, 1.82) is 0 Å². The molecular formula is C13H16N2O2S. The van der Waals surface area contributed by atoms with Gasteiger partial charge in [0.2, 0.25) is 0 Å². The van der Waals surface area contributed by atoms with Crippen LogP contribution in [0.2, 0.25) is 0 Å². The number of aromatic nitrogens is 2. The normalized spacial score (nSPS) is 11.4. The van der Waals surface area contributed by atoms with Gasteiger partial charge in [-0.1, -0.05) is 13.8 Å². The van der Waals surface area contributed by atoms with Crippen molar-refractivity contribution in [2.24, 2.45) is 5.92 Å². The second kappa shape index (κ2) is 4.65. The zero-order valence-electron chi connectivity index (χ0n) is 11.0. The van der Waals surface area contributed by atoms with E-state index in [1.54, 1.807) is 0 Å². The summed E-state index contributed by atoms with van der Waals surface area (Å²) < 4.78 is 1.41. The fraction of sp³-hybridized carbons (Fsp3) is 0.462. The average Bonchev–Trinajstić information content (AvgIpc) is 2.59. The maximum Gasteiger partial charge on any atom is 0.262 e. The molecule has 18 heavy (non-hydrogen) atoms. The topological polar surface area (TPSA) is 52.0 Å². The molecule has 0 aromatic carbocycles. The van der Waals surface area contributed by atoms with Gasteiger partial charge in [0, 0.05) is 10.8 Å². The van der Waals surface area contributed by atoms with E-state index in [-0.39, 0.29) is 23.8 Å². The quantitative estimate of drug-likeness (QED) is 0.854. The van der Waals surface area contributed by atoms with E-state index < -0.39 is 0 Å². The van der Waals surface area contributed by atoms with Crippen LogP contribution >= 0.6 is 11.3 Å². The molecule has 0 aliphatic heterocycles. The summed E-state index contributed by atoms with van der Waals surface area (Å²) in [7, 11) is 0. The number of hydrogen-bond acceptors (Lipinski definition) is 4. The summed E-state index contributed by atoms with van der Waals surface area (Å²) in [6.45, 7) is 7.67. The first kappa shape index (κ1) is 13.0. The van der Waals surface area contributed by atoms with Gasteiger partial charge in [-0.3, -0.25) is 14.2 Å². The highest BCUT2D eigenvalue weighted by Crippen LogP contribution is 2.25. The number of thiophene rings is 1. The first-order chi connectivity index (χ1) is 8.41. The van der Waals surface area contributed by atoms with Crippen LogP contribution in [0.5, 0.6) is 0 Å². The molecule has 4 nitrogen and oxygen atoms in total. The average molecular weight is 264 g/mol. The minimum absolute atomic E-state index is 0.0443. The number of hydrogen-bond donors (Lipinski definition) is 0. The van der Waals surface area contributed by atoms with Gasteiger partial charge < -0.3 is 0 Å². The van der Waals surface area contributed by atoms with Crippen molar-refractivity contribution >= 4 is 27.3 Å². The lowest BCUT2D eigenvalue weighted by molar-refractivity contribution is -0.122. The minimum Gasteiger partial charge on any atom is -0.297 e. The number of carbonyl (C=O) groups excluding carboxylic acids is 1. The van der Waals surface area contributed by atoms with Gasteiger partial charge in [0.25, 0.3) is 5.56 Å². The van der Waals surface area contributed by atoms with E-state index in [1.165, 1.54) is 22.2 Å². The summed E-state index contributed by atoms with van der Waals surface area (Å²) in [6.07, 6.45) is 1.47. The predicted molar refractivity (Wildman–Crippen MR) is 73.2 cm³/mol. The van der Waals surface area contributed by atoms with Gasteiger partial charge in [-0.05, 0) is 19.4 Å². The number of nitrogens with zero attached hydrogens (tertiary/aromatic N) is 2. The molecule has 0 atom stereocenters. The molecule has 2 rings (SSSR count). The Morgan fingerprint density at radius 3 is 2.72 bits per heavy atom. The third kappa shape index (κ3) is 2.10. The Morgan fingerprint density at radius 1 is 1.44 bits per heavy atom. The lowest BCUT2D eigenvalue weighted by Gasteiger charge is -2.06. The van der Waals surface area contributed by atoms with Gasteiger partial charge in [0.05, 0.1) is 18.3 Å². The molecule has 0 fully saturated rings. The van der Waals surface area contributed by atoms with E-state index in [0.717, 1.165) is 15.3 Å². The van der Waals surface area contributed by atoms with Crippen molar-refractivity contribution in [3.8, 4) is 0 Å². The van der Waals surface area contributed by atoms with Crippen molar-refractivity contribution in [3.05, 3.63) is 27.1 Å². The van der Waals surface area contributed by atoms with Crippen molar-refractivity contribution in [1.82, 2.24) is 9.55 Å². The molecule has 0 N–H and O–H groups in total. The number of rotatable bonds is 3. The van der Waals surface area contributed by atoms with E-state index in [2.05, 4.69) is 4.98 Å².